The van der Waals surface area contributed by atoms with Crippen LogP contribution in [0.2, 0.25) is 0 Å². The molecular formula is C14H18N2O2. The lowest BCUT2D eigenvalue weighted by atomic mass is 10.1. The minimum absolute atomic E-state index is 0.0200. The zero-order chi connectivity index (χ0) is 13.1. The molecule has 0 saturated carbocycles. The van der Waals surface area contributed by atoms with Gasteiger partial charge in [-0.1, -0.05) is 12.1 Å². The fraction of sp³-hybridized carbons (Fsp3) is 0.357. The molecule has 0 atom stereocenters. The summed E-state index contributed by atoms with van der Waals surface area (Å²) in [7, 11) is 0. The van der Waals surface area contributed by atoms with Gasteiger partial charge in [-0.3, -0.25) is 5.10 Å². The number of aliphatic hydroxyl groups excluding tert-OH is 1. The van der Waals surface area contributed by atoms with E-state index in [9.17, 15) is 5.11 Å². The summed E-state index contributed by atoms with van der Waals surface area (Å²) in [5, 5.41) is 16.3. The third-order valence-corrected chi connectivity index (χ3v) is 3.03. The minimum atomic E-state index is -0.0200. The second kappa shape index (κ2) is 5.23. The highest BCUT2D eigenvalue weighted by Crippen LogP contribution is 2.21. The van der Waals surface area contributed by atoms with Gasteiger partial charge >= 0.3 is 0 Å². The maximum absolute atomic E-state index is 9.27. The molecule has 0 aliphatic heterocycles. The van der Waals surface area contributed by atoms with Gasteiger partial charge in [0, 0.05) is 11.3 Å². The van der Waals surface area contributed by atoms with Crippen molar-refractivity contribution in [3.63, 3.8) is 0 Å². The van der Waals surface area contributed by atoms with Crippen LogP contribution in [0.5, 0.6) is 5.75 Å². The van der Waals surface area contributed by atoms with Crippen molar-refractivity contribution in [2.75, 3.05) is 0 Å². The lowest BCUT2D eigenvalue weighted by Crippen LogP contribution is -2.01. The van der Waals surface area contributed by atoms with Crippen LogP contribution in [0.15, 0.2) is 18.2 Å². The zero-order valence-corrected chi connectivity index (χ0v) is 10.9. The predicted molar refractivity (Wildman–Crippen MR) is 69.5 cm³/mol. The molecule has 0 spiro atoms. The van der Waals surface area contributed by atoms with Gasteiger partial charge in [-0.2, -0.15) is 5.10 Å². The van der Waals surface area contributed by atoms with Crippen LogP contribution in [0.1, 0.15) is 28.1 Å². The number of aliphatic hydroxyl groups is 1. The Balaban J connectivity index is 2.13. The van der Waals surface area contributed by atoms with Gasteiger partial charge in [-0.15, -0.1) is 0 Å². The Labute approximate surface area is 107 Å². The van der Waals surface area contributed by atoms with Gasteiger partial charge < -0.3 is 9.84 Å². The SMILES string of the molecule is Cc1ccc(C)c(OCc2n[nH]c(C)c2CO)c1. The Morgan fingerprint density at radius 1 is 1.28 bits per heavy atom. The van der Waals surface area contributed by atoms with Crippen molar-refractivity contribution in [3.05, 3.63) is 46.3 Å². The molecule has 0 unspecified atom stereocenters. The van der Waals surface area contributed by atoms with E-state index in [2.05, 4.69) is 16.3 Å². The number of H-pyrrole nitrogens is 1. The fourth-order valence-corrected chi connectivity index (χ4v) is 1.84. The van der Waals surface area contributed by atoms with E-state index < -0.39 is 0 Å². The molecule has 1 aromatic carbocycles. The molecule has 0 bridgehead atoms. The molecule has 0 fully saturated rings. The van der Waals surface area contributed by atoms with E-state index in [-0.39, 0.29) is 6.61 Å². The molecule has 0 radical (unpaired) electrons. The summed E-state index contributed by atoms with van der Waals surface area (Å²) in [5.41, 5.74) is 4.72. The van der Waals surface area contributed by atoms with Crippen LogP contribution in [-0.2, 0) is 13.2 Å². The van der Waals surface area contributed by atoms with E-state index in [1.165, 1.54) is 0 Å². The van der Waals surface area contributed by atoms with Crippen LogP contribution in [0.4, 0.5) is 0 Å². The van der Waals surface area contributed by atoms with E-state index in [0.29, 0.717) is 6.61 Å². The highest BCUT2D eigenvalue weighted by molar-refractivity contribution is 5.36. The third-order valence-electron chi connectivity index (χ3n) is 3.03. The molecule has 1 aromatic heterocycles. The summed E-state index contributed by atoms with van der Waals surface area (Å²) in [6, 6.07) is 6.10. The average molecular weight is 246 g/mol. The van der Waals surface area contributed by atoms with E-state index >= 15 is 0 Å². The van der Waals surface area contributed by atoms with Crippen LogP contribution < -0.4 is 4.74 Å². The lowest BCUT2D eigenvalue weighted by Gasteiger charge is -2.09. The molecule has 1 heterocycles. The number of hydrogen-bond donors (Lipinski definition) is 2. The second-order valence-electron chi connectivity index (χ2n) is 4.49. The highest BCUT2D eigenvalue weighted by atomic mass is 16.5. The molecule has 4 heteroatoms. The largest absolute Gasteiger partial charge is 0.487 e. The molecule has 0 aliphatic rings. The van der Waals surface area contributed by atoms with Crippen molar-refractivity contribution in [2.45, 2.75) is 34.0 Å². The molecule has 2 rings (SSSR count). The monoisotopic (exact) mass is 246 g/mol. The summed E-state index contributed by atoms with van der Waals surface area (Å²) < 4.78 is 5.77. The maximum Gasteiger partial charge on any atom is 0.132 e. The average Bonchev–Trinajstić information content (AvgIpc) is 2.71. The van der Waals surface area contributed by atoms with E-state index in [1.807, 2.05) is 32.9 Å². The Morgan fingerprint density at radius 2 is 2.06 bits per heavy atom. The van der Waals surface area contributed by atoms with Gasteiger partial charge in [-0.05, 0) is 38.0 Å². The number of aromatic nitrogens is 2. The van der Waals surface area contributed by atoms with Gasteiger partial charge in [0.15, 0.2) is 0 Å². The quantitative estimate of drug-likeness (QED) is 0.871. The van der Waals surface area contributed by atoms with Gasteiger partial charge in [0.25, 0.3) is 0 Å². The third kappa shape index (κ3) is 2.54. The number of aromatic amines is 1. The molecule has 0 aliphatic carbocycles. The first-order chi connectivity index (χ1) is 8.61. The Morgan fingerprint density at radius 3 is 2.78 bits per heavy atom. The van der Waals surface area contributed by atoms with Crippen LogP contribution in [-0.4, -0.2) is 15.3 Å². The summed E-state index contributed by atoms with van der Waals surface area (Å²) >= 11 is 0. The van der Waals surface area contributed by atoms with Crippen LogP contribution in [0, 0.1) is 20.8 Å². The van der Waals surface area contributed by atoms with E-state index in [0.717, 1.165) is 33.8 Å². The van der Waals surface area contributed by atoms with E-state index in [4.69, 9.17) is 4.74 Å². The number of nitrogens with one attached hydrogen (secondary N) is 1. The second-order valence-corrected chi connectivity index (χ2v) is 4.49. The summed E-state index contributed by atoms with van der Waals surface area (Å²) in [6.07, 6.45) is 0. The van der Waals surface area contributed by atoms with Crippen molar-refractivity contribution in [3.8, 4) is 5.75 Å². The van der Waals surface area contributed by atoms with Crippen molar-refractivity contribution in [2.24, 2.45) is 0 Å². The maximum atomic E-state index is 9.27. The molecule has 0 saturated heterocycles. The van der Waals surface area contributed by atoms with Crippen LogP contribution >= 0.6 is 0 Å². The lowest BCUT2D eigenvalue weighted by molar-refractivity contribution is 0.267. The van der Waals surface area contributed by atoms with Crippen molar-refractivity contribution >= 4 is 0 Å². The van der Waals surface area contributed by atoms with Crippen molar-refractivity contribution in [1.82, 2.24) is 10.2 Å². The molecular weight excluding hydrogens is 228 g/mol. The number of nitrogens with zero attached hydrogens (tertiary/aromatic N) is 1. The number of benzene rings is 1. The summed E-state index contributed by atoms with van der Waals surface area (Å²) in [4.78, 5) is 0. The number of hydrogen-bond acceptors (Lipinski definition) is 3. The van der Waals surface area contributed by atoms with Crippen LogP contribution in [0.3, 0.4) is 0 Å². The number of aryl methyl sites for hydroxylation is 3. The molecule has 2 N–H and O–H groups in total. The van der Waals surface area contributed by atoms with Crippen molar-refractivity contribution in [1.29, 1.82) is 0 Å². The fourth-order valence-electron chi connectivity index (χ4n) is 1.84. The van der Waals surface area contributed by atoms with Gasteiger partial charge in [0.2, 0.25) is 0 Å². The number of ether oxygens (including phenoxy) is 1. The Hall–Kier alpha value is -1.81. The van der Waals surface area contributed by atoms with Crippen molar-refractivity contribution < 1.29 is 9.84 Å². The topological polar surface area (TPSA) is 58.1 Å². The zero-order valence-electron chi connectivity index (χ0n) is 10.9. The summed E-state index contributed by atoms with van der Waals surface area (Å²) in [6.45, 7) is 6.28. The first kappa shape index (κ1) is 12.6. The highest BCUT2D eigenvalue weighted by Gasteiger charge is 2.10. The Bertz CT molecular complexity index is 547. The van der Waals surface area contributed by atoms with Gasteiger partial charge in [-0.25, -0.2) is 0 Å². The summed E-state index contributed by atoms with van der Waals surface area (Å²) in [5.74, 6) is 0.861. The first-order valence-corrected chi connectivity index (χ1v) is 5.95. The normalized spacial score (nSPS) is 10.7. The first-order valence-electron chi connectivity index (χ1n) is 5.95. The predicted octanol–water partition coefficient (Wildman–Crippen LogP) is 2.41. The van der Waals surface area contributed by atoms with Gasteiger partial charge in [0.1, 0.15) is 18.1 Å². The smallest absolute Gasteiger partial charge is 0.132 e. The molecule has 0 amide bonds. The minimum Gasteiger partial charge on any atom is -0.487 e. The molecule has 4 nitrogen and oxygen atoms in total. The Kier molecular flexibility index (Phi) is 3.67. The van der Waals surface area contributed by atoms with Crippen LogP contribution in [0.25, 0.3) is 0 Å². The number of rotatable bonds is 4. The molecule has 96 valence electrons. The molecule has 18 heavy (non-hydrogen) atoms. The standard InChI is InChI=1S/C14H18N2O2/c1-9-4-5-10(2)14(6-9)18-8-13-12(7-17)11(3)15-16-13/h4-6,17H,7-8H2,1-3H3,(H,15,16). The van der Waals surface area contributed by atoms with E-state index in [1.54, 1.807) is 0 Å². The van der Waals surface area contributed by atoms with Gasteiger partial charge in [0.05, 0.1) is 6.61 Å². The molecule has 2 aromatic rings.